The highest BCUT2D eigenvalue weighted by atomic mass is 16.4. The van der Waals surface area contributed by atoms with E-state index in [2.05, 4.69) is 5.32 Å². The van der Waals surface area contributed by atoms with Crippen molar-refractivity contribution in [2.75, 3.05) is 11.9 Å². The van der Waals surface area contributed by atoms with E-state index in [1.165, 1.54) is 24.3 Å². The first-order chi connectivity index (χ1) is 9.73. The highest BCUT2D eigenvalue weighted by Crippen LogP contribution is 2.22. The van der Waals surface area contributed by atoms with Gasteiger partial charge in [0.15, 0.2) is 0 Å². The molecule has 5 N–H and O–H groups in total. The summed E-state index contributed by atoms with van der Waals surface area (Å²) < 4.78 is 0. The number of benzene rings is 1. The van der Waals surface area contributed by atoms with Gasteiger partial charge < -0.3 is 25.7 Å². The Morgan fingerprint density at radius 1 is 0.905 bits per heavy atom. The minimum absolute atomic E-state index is 0.0851. The molecule has 9 nitrogen and oxygen atoms in total. The number of carboxylic acid groups (broad SMARTS) is 4. The first-order valence-electron chi connectivity index (χ1n) is 5.50. The zero-order valence-electron chi connectivity index (χ0n) is 10.4. The molecule has 0 bridgehead atoms. The Kier molecular flexibility index (Phi) is 4.49. The molecule has 0 heterocycles. The van der Waals surface area contributed by atoms with Gasteiger partial charge in [-0.2, -0.15) is 0 Å². The monoisotopic (exact) mass is 297 g/mol. The third-order valence-electron chi connectivity index (χ3n) is 2.80. The largest absolute Gasteiger partial charge is 0.480 e. The number of aliphatic carboxylic acids is 3. The third kappa shape index (κ3) is 2.91. The average Bonchev–Trinajstić information content (AvgIpc) is 2.38. The Balaban J connectivity index is 3.15. The van der Waals surface area contributed by atoms with Crippen LogP contribution in [0, 0.1) is 5.41 Å². The molecule has 1 aromatic rings. The molecule has 0 aliphatic heterocycles. The Hall–Kier alpha value is -3.10. The Morgan fingerprint density at radius 3 is 1.81 bits per heavy atom. The number of hydrogen-bond acceptors (Lipinski definition) is 5. The standard InChI is InChI=1S/C12H11NO8/c14-8(15)6-3-1-2-4-7(6)13-5-12(9(16)17,10(18)19)11(20)21/h1-4,13H,5H2,(H,14,15)(H,16,17)(H,18,19)(H,20,21). The van der Waals surface area contributed by atoms with E-state index in [0.717, 1.165) is 0 Å². The predicted octanol–water partition coefficient (Wildman–Crippen LogP) is 0.0369. The fraction of sp³-hybridized carbons (Fsp3) is 0.167. The molecule has 0 spiro atoms. The van der Waals surface area contributed by atoms with Crippen LogP contribution >= 0.6 is 0 Å². The van der Waals surface area contributed by atoms with Crippen LogP contribution in [0.5, 0.6) is 0 Å². The van der Waals surface area contributed by atoms with Crippen LogP contribution in [-0.2, 0) is 14.4 Å². The van der Waals surface area contributed by atoms with Gasteiger partial charge in [0.2, 0.25) is 0 Å². The lowest BCUT2D eigenvalue weighted by molar-refractivity contribution is -0.174. The Morgan fingerprint density at radius 2 is 1.38 bits per heavy atom. The fourth-order valence-electron chi connectivity index (χ4n) is 1.55. The summed E-state index contributed by atoms with van der Waals surface area (Å²) in [7, 11) is 0. The smallest absolute Gasteiger partial charge is 0.337 e. The van der Waals surface area contributed by atoms with Crippen LogP contribution in [0.3, 0.4) is 0 Å². The third-order valence-corrected chi connectivity index (χ3v) is 2.80. The van der Waals surface area contributed by atoms with Gasteiger partial charge in [-0.1, -0.05) is 12.1 Å². The van der Waals surface area contributed by atoms with Crippen LogP contribution in [0.4, 0.5) is 5.69 Å². The first kappa shape index (κ1) is 16.0. The second kappa shape index (κ2) is 5.90. The summed E-state index contributed by atoms with van der Waals surface area (Å²) in [6, 6.07) is 5.31. The topological polar surface area (TPSA) is 161 Å². The molecule has 0 radical (unpaired) electrons. The van der Waals surface area contributed by atoms with Crippen molar-refractivity contribution in [2.45, 2.75) is 0 Å². The maximum absolute atomic E-state index is 11.0. The van der Waals surface area contributed by atoms with Crippen LogP contribution in [0.2, 0.25) is 0 Å². The van der Waals surface area contributed by atoms with E-state index in [-0.39, 0.29) is 11.3 Å². The fourth-order valence-corrected chi connectivity index (χ4v) is 1.55. The molecule has 0 atom stereocenters. The van der Waals surface area contributed by atoms with Gasteiger partial charge in [-0.15, -0.1) is 0 Å². The molecular formula is C12H11NO8. The molecule has 0 aromatic heterocycles. The zero-order chi connectivity index (χ0) is 16.2. The summed E-state index contributed by atoms with van der Waals surface area (Å²) in [5, 5.41) is 37.9. The second-order valence-electron chi connectivity index (χ2n) is 4.03. The number of carboxylic acids is 4. The number of anilines is 1. The van der Waals surface area contributed by atoms with Crippen molar-refractivity contribution in [3.05, 3.63) is 29.8 Å². The van der Waals surface area contributed by atoms with Gasteiger partial charge in [-0.25, -0.2) is 4.79 Å². The van der Waals surface area contributed by atoms with Crippen LogP contribution in [0.15, 0.2) is 24.3 Å². The molecule has 9 heteroatoms. The molecule has 1 rings (SSSR count). The molecule has 1 aromatic carbocycles. The Bertz CT molecular complexity index is 573. The van der Waals surface area contributed by atoms with Gasteiger partial charge in [0, 0.05) is 5.69 Å². The number of rotatable bonds is 7. The summed E-state index contributed by atoms with van der Waals surface area (Å²) in [6.45, 7) is -1.02. The van der Waals surface area contributed by atoms with E-state index in [4.69, 9.17) is 20.4 Å². The van der Waals surface area contributed by atoms with E-state index in [9.17, 15) is 19.2 Å². The Labute approximate surface area is 117 Å². The summed E-state index contributed by atoms with van der Waals surface area (Å²) in [5.41, 5.74) is -3.45. The summed E-state index contributed by atoms with van der Waals surface area (Å²) in [6.07, 6.45) is 0. The van der Waals surface area contributed by atoms with Gasteiger partial charge in [0.1, 0.15) is 0 Å². The van der Waals surface area contributed by atoms with Crippen LogP contribution in [0.25, 0.3) is 0 Å². The van der Waals surface area contributed by atoms with Crippen molar-refractivity contribution in [3.63, 3.8) is 0 Å². The van der Waals surface area contributed by atoms with Crippen molar-refractivity contribution in [1.29, 1.82) is 0 Å². The number of nitrogens with one attached hydrogen (secondary N) is 1. The first-order valence-corrected chi connectivity index (χ1v) is 5.50. The minimum atomic E-state index is -3.12. The number of para-hydroxylation sites is 1. The normalized spacial score (nSPS) is 10.7. The van der Waals surface area contributed by atoms with Crippen molar-refractivity contribution in [2.24, 2.45) is 5.41 Å². The lowest BCUT2D eigenvalue weighted by atomic mass is 9.88. The maximum atomic E-state index is 11.0. The molecule has 0 aliphatic carbocycles. The molecule has 0 fully saturated rings. The van der Waals surface area contributed by atoms with Crippen molar-refractivity contribution < 1.29 is 39.6 Å². The van der Waals surface area contributed by atoms with Gasteiger partial charge in [0.25, 0.3) is 5.41 Å². The van der Waals surface area contributed by atoms with E-state index >= 15 is 0 Å². The lowest BCUT2D eigenvalue weighted by Crippen LogP contribution is -2.51. The van der Waals surface area contributed by atoms with Crippen LogP contribution in [0.1, 0.15) is 10.4 Å². The van der Waals surface area contributed by atoms with Gasteiger partial charge in [-0.3, -0.25) is 14.4 Å². The predicted molar refractivity (Wildman–Crippen MR) is 67.2 cm³/mol. The lowest BCUT2D eigenvalue weighted by Gasteiger charge is -2.21. The average molecular weight is 297 g/mol. The molecule has 0 saturated carbocycles. The molecule has 0 saturated heterocycles. The number of aromatic carboxylic acids is 1. The zero-order valence-corrected chi connectivity index (χ0v) is 10.4. The molecule has 0 unspecified atom stereocenters. The highest BCUT2D eigenvalue weighted by molar-refractivity contribution is 6.16. The van der Waals surface area contributed by atoms with Crippen molar-refractivity contribution >= 4 is 29.6 Å². The van der Waals surface area contributed by atoms with E-state index in [1.807, 2.05) is 0 Å². The second-order valence-corrected chi connectivity index (χ2v) is 4.03. The minimum Gasteiger partial charge on any atom is -0.480 e. The molecule has 0 amide bonds. The molecule has 0 aliphatic rings. The van der Waals surface area contributed by atoms with Gasteiger partial charge >= 0.3 is 23.9 Å². The van der Waals surface area contributed by atoms with Crippen molar-refractivity contribution in [3.8, 4) is 0 Å². The van der Waals surface area contributed by atoms with Gasteiger partial charge in [-0.05, 0) is 12.1 Å². The number of carbonyl (C=O) groups is 4. The number of hydrogen-bond donors (Lipinski definition) is 5. The van der Waals surface area contributed by atoms with E-state index < -0.39 is 35.8 Å². The molecular weight excluding hydrogens is 286 g/mol. The summed E-state index contributed by atoms with van der Waals surface area (Å²) >= 11 is 0. The molecule has 112 valence electrons. The SMILES string of the molecule is O=C(O)c1ccccc1NCC(C(=O)O)(C(=O)O)C(=O)O. The van der Waals surface area contributed by atoms with E-state index in [1.54, 1.807) is 0 Å². The highest BCUT2D eigenvalue weighted by Gasteiger charge is 2.54. The van der Waals surface area contributed by atoms with Crippen molar-refractivity contribution in [1.82, 2.24) is 0 Å². The molecule has 21 heavy (non-hydrogen) atoms. The summed E-state index contributed by atoms with van der Waals surface area (Å²) in [5.74, 6) is -7.53. The summed E-state index contributed by atoms with van der Waals surface area (Å²) in [4.78, 5) is 44.0. The van der Waals surface area contributed by atoms with Gasteiger partial charge in [0.05, 0.1) is 12.1 Å². The maximum Gasteiger partial charge on any atom is 0.337 e. The van der Waals surface area contributed by atoms with Crippen LogP contribution in [-0.4, -0.2) is 50.8 Å². The van der Waals surface area contributed by atoms with E-state index in [0.29, 0.717) is 0 Å². The van der Waals surface area contributed by atoms with Crippen LogP contribution < -0.4 is 5.32 Å². The quantitative estimate of drug-likeness (QED) is 0.437.